The second-order valence-electron chi connectivity index (χ2n) is 7.81. The zero-order valence-electron chi connectivity index (χ0n) is 17.6. The Morgan fingerprint density at radius 3 is 2.40 bits per heavy atom. The van der Waals surface area contributed by atoms with Crippen LogP contribution in [0.2, 0.25) is 0 Å². The Morgan fingerprint density at radius 2 is 1.77 bits per heavy atom. The molecule has 1 heterocycles. The van der Waals surface area contributed by atoms with Crippen molar-refractivity contribution in [2.75, 3.05) is 23.1 Å². The van der Waals surface area contributed by atoms with E-state index in [0.29, 0.717) is 30.8 Å². The van der Waals surface area contributed by atoms with Crippen LogP contribution in [0.1, 0.15) is 49.0 Å². The Bertz CT molecular complexity index is 938. The van der Waals surface area contributed by atoms with Crippen LogP contribution in [0.4, 0.5) is 5.69 Å². The number of anilines is 1. The molecule has 1 amide bonds. The first-order valence-electron chi connectivity index (χ1n) is 10.5. The van der Waals surface area contributed by atoms with Crippen molar-refractivity contribution in [3.63, 3.8) is 0 Å². The second kappa shape index (κ2) is 9.98. The van der Waals surface area contributed by atoms with Crippen molar-refractivity contribution in [2.24, 2.45) is 0 Å². The van der Waals surface area contributed by atoms with Crippen LogP contribution in [-0.4, -0.2) is 39.3 Å². The number of hydrogen-bond donors (Lipinski definition) is 1. The van der Waals surface area contributed by atoms with Gasteiger partial charge in [0.1, 0.15) is 5.75 Å². The number of hydrogen-bond acceptors (Lipinski definition) is 4. The van der Waals surface area contributed by atoms with Crippen LogP contribution in [0.5, 0.6) is 5.75 Å². The molecule has 30 heavy (non-hydrogen) atoms. The van der Waals surface area contributed by atoms with Crippen LogP contribution in [0.25, 0.3) is 0 Å². The van der Waals surface area contributed by atoms with Gasteiger partial charge in [0, 0.05) is 18.7 Å². The van der Waals surface area contributed by atoms with Crippen LogP contribution >= 0.6 is 0 Å². The first-order valence-corrected chi connectivity index (χ1v) is 12.1. The minimum Gasteiger partial charge on any atom is -0.491 e. The third-order valence-corrected chi connectivity index (χ3v) is 6.86. The van der Waals surface area contributed by atoms with E-state index in [9.17, 15) is 13.2 Å². The molecule has 0 spiro atoms. The van der Waals surface area contributed by atoms with Crippen molar-refractivity contribution in [2.45, 2.75) is 45.6 Å². The highest BCUT2D eigenvalue weighted by Gasteiger charge is 2.25. The summed E-state index contributed by atoms with van der Waals surface area (Å²) in [6.07, 6.45) is 3.42. The van der Waals surface area contributed by atoms with Gasteiger partial charge >= 0.3 is 0 Å². The van der Waals surface area contributed by atoms with Gasteiger partial charge in [0.2, 0.25) is 10.0 Å². The third kappa shape index (κ3) is 5.98. The molecular weight excluding hydrogens is 400 g/mol. The third-order valence-electron chi connectivity index (χ3n) is 4.99. The number of aryl methyl sites for hydroxylation is 1. The van der Waals surface area contributed by atoms with Gasteiger partial charge in [-0.2, -0.15) is 0 Å². The Kier molecular flexibility index (Phi) is 7.37. The predicted octanol–water partition coefficient (Wildman–Crippen LogP) is 3.77. The number of amides is 1. The first-order chi connectivity index (χ1) is 14.3. The van der Waals surface area contributed by atoms with Gasteiger partial charge in [0.25, 0.3) is 5.91 Å². The molecule has 0 bridgehead atoms. The summed E-state index contributed by atoms with van der Waals surface area (Å²) < 4.78 is 31.5. The SMILES string of the molecule is CC(C)Oc1ccc(CCCNC(=O)c2ccc(N3CCCCS3(=O)=O)cc2)cc1. The molecular formula is C23H30N2O4S. The maximum Gasteiger partial charge on any atom is 0.251 e. The van der Waals surface area contributed by atoms with Crippen molar-refractivity contribution >= 4 is 21.6 Å². The van der Waals surface area contributed by atoms with Gasteiger partial charge in [-0.05, 0) is 81.5 Å². The van der Waals surface area contributed by atoms with Crippen molar-refractivity contribution < 1.29 is 17.9 Å². The van der Waals surface area contributed by atoms with Crippen LogP contribution in [-0.2, 0) is 16.4 Å². The topological polar surface area (TPSA) is 75.7 Å². The second-order valence-corrected chi connectivity index (χ2v) is 9.82. The molecule has 0 aliphatic carbocycles. The van der Waals surface area contributed by atoms with Gasteiger partial charge in [-0.3, -0.25) is 9.10 Å². The number of carbonyl (C=O) groups is 1. The highest BCUT2D eigenvalue weighted by molar-refractivity contribution is 7.92. The summed E-state index contributed by atoms with van der Waals surface area (Å²) in [5.74, 6) is 0.898. The van der Waals surface area contributed by atoms with Crippen molar-refractivity contribution in [3.05, 3.63) is 59.7 Å². The van der Waals surface area contributed by atoms with Crippen LogP contribution in [0.15, 0.2) is 48.5 Å². The highest BCUT2D eigenvalue weighted by Crippen LogP contribution is 2.23. The molecule has 1 saturated heterocycles. The lowest BCUT2D eigenvalue weighted by molar-refractivity contribution is 0.0953. The lowest BCUT2D eigenvalue weighted by Crippen LogP contribution is -2.37. The number of nitrogens with one attached hydrogen (secondary N) is 1. The van der Waals surface area contributed by atoms with Gasteiger partial charge in [-0.25, -0.2) is 8.42 Å². The summed E-state index contributed by atoms with van der Waals surface area (Å²) in [5.41, 5.74) is 2.35. The zero-order valence-corrected chi connectivity index (χ0v) is 18.5. The molecule has 2 aromatic rings. The molecule has 0 aromatic heterocycles. The van der Waals surface area contributed by atoms with E-state index in [2.05, 4.69) is 5.32 Å². The first kappa shape index (κ1) is 22.2. The van der Waals surface area contributed by atoms with E-state index in [1.807, 2.05) is 38.1 Å². The van der Waals surface area contributed by atoms with E-state index < -0.39 is 10.0 Å². The zero-order chi connectivity index (χ0) is 21.6. The van der Waals surface area contributed by atoms with E-state index >= 15 is 0 Å². The summed E-state index contributed by atoms with van der Waals surface area (Å²) >= 11 is 0. The standard InChI is InChI=1S/C23H30N2O4S/c1-18(2)29-22-13-7-19(8-14-22)6-5-15-24-23(26)20-9-11-21(12-10-20)25-16-3-4-17-30(25,27)28/h7-14,18H,3-6,15-17H2,1-2H3,(H,24,26). The molecule has 2 aromatic carbocycles. The molecule has 0 radical (unpaired) electrons. The minimum atomic E-state index is -3.24. The lowest BCUT2D eigenvalue weighted by Gasteiger charge is -2.28. The Labute approximate surface area is 179 Å². The Hall–Kier alpha value is -2.54. The summed E-state index contributed by atoms with van der Waals surface area (Å²) in [6, 6.07) is 14.8. The number of rotatable bonds is 8. The Morgan fingerprint density at radius 1 is 1.07 bits per heavy atom. The summed E-state index contributed by atoms with van der Waals surface area (Å²) in [7, 11) is -3.24. The molecule has 1 N–H and O–H groups in total. The molecule has 1 fully saturated rings. The van der Waals surface area contributed by atoms with Gasteiger partial charge in [-0.1, -0.05) is 12.1 Å². The number of benzene rings is 2. The Balaban J connectivity index is 1.46. The summed E-state index contributed by atoms with van der Waals surface area (Å²) in [6.45, 7) is 5.07. The smallest absolute Gasteiger partial charge is 0.251 e. The maximum absolute atomic E-state index is 12.4. The molecule has 6 nitrogen and oxygen atoms in total. The van der Waals surface area contributed by atoms with Crippen molar-refractivity contribution in [1.82, 2.24) is 5.32 Å². The molecule has 0 unspecified atom stereocenters. The normalized spacial score (nSPS) is 15.8. The van der Waals surface area contributed by atoms with Gasteiger partial charge in [0.05, 0.1) is 17.5 Å². The van der Waals surface area contributed by atoms with Crippen LogP contribution < -0.4 is 14.4 Å². The van der Waals surface area contributed by atoms with E-state index in [0.717, 1.165) is 25.0 Å². The summed E-state index contributed by atoms with van der Waals surface area (Å²) in [4.78, 5) is 12.4. The van der Waals surface area contributed by atoms with Gasteiger partial charge in [-0.15, -0.1) is 0 Å². The average molecular weight is 431 g/mol. The number of ether oxygens (including phenoxy) is 1. The maximum atomic E-state index is 12.4. The largest absolute Gasteiger partial charge is 0.491 e. The molecule has 0 atom stereocenters. The van der Waals surface area contributed by atoms with Crippen molar-refractivity contribution in [3.8, 4) is 5.75 Å². The summed E-state index contributed by atoms with van der Waals surface area (Å²) in [5, 5.41) is 2.93. The lowest BCUT2D eigenvalue weighted by atomic mass is 10.1. The van der Waals surface area contributed by atoms with E-state index in [1.54, 1.807) is 24.3 Å². The van der Waals surface area contributed by atoms with E-state index in [-0.39, 0.29) is 17.8 Å². The van der Waals surface area contributed by atoms with E-state index in [4.69, 9.17) is 4.74 Å². The number of nitrogens with zero attached hydrogens (tertiary/aromatic N) is 1. The fraction of sp³-hybridized carbons (Fsp3) is 0.435. The molecule has 162 valence electrons. The monoisotopic (exact) mass is 430 g/mol. The molecule has 1 aliphatic heterocycles. The molecule has 7 heteroatoms. The molecule has 1 aliphatic rings. The predicted molar refractivity (Wildman–Crippen MR) is 120 cm³/mol. The van der Waals surface area contributed by atoms with Crippen LogP contribution in [0, 0.1) is 0 Å². The van der Waals surface area contributed by atoms with Gasteiger partial charge < -0.3 is 10.1 Å². The van der Waals surface area contributed by atoms with Crippen molar-refractivity contribution in [1.29, 1.82) is 0 Å². The van der Waals surface area contributed by atoms with E-state index in [1.165, 1.54) is 9.87 Å². The van der Waals surface area contributed by atoms with Crippen LogP contribution in [0.3, 0.4) is 0 Å². The fourth-order valence-corrected chi connectivity index (χ4v) is 5.10. The van der Waals surface area contributed by atoms with Gasteiger partial charge in [0.15, 0.2) is 0 Å². The fourth-order valence-electron chi connectivity index (χ4n) is 3.46. The quantitative estimate of drug-likeness (QED) is 0.647. The molecule has 0 saturated carbocycles. The highest BCUT2D eigenvalue weighted by atomic mass is 32.2. The number of sulfonamides is 1. The molecule has 3 rings (SSSR count). The minimum absolute atomic E-state index is 0.149. The number of carbonyl (C=O) groups excluding carboxylic acids is 1. The average Bonchev–Trinajstić information content (AvgIpc) is 2.72.